The fourth-order valence-electron chi connectivity index (χ4n) is 4.53. The van der Waals surface area contributed by atoms with Crippen molar-refractivity contribution in [2.75, 3.05) is 26.2 Å². The van der Waals surface area contributed by atoms with Gasteiger partial charge in [0.05, 0.1) is 6.04 Å². The maximum Gasteiger partial charge on any atom is 0.168 e. The monoisotopic (exact) mass is 400 g/mol. The minimum Gasteiger partial charge on any atom is -0.299 e. The molecule has 7 heteroatoms. The smallest absolute Gasteiger partial charge is 0.168 e. The van der Waals surface area contributed by atoms with Crippen molar-refractivity contribution in [3.8, 4) is 0 Å². The number of nitrogens with zero attached hydrogens (tertiary/aromatic N) is 6. The number of hydrogen-bond acceptors (Lipinski definition) is 5. The van der Waals surface area contributed by atoms with Crippen LogP contribution in [0.2, 0.25) is 0 Å². The molecular weight excluding hydrogens is 367 g/mol. The molecule has 6 nitrogen and oxygen atoms in total. The van der Waals surface area contributed by atoms with Crippen LogP contribution in [0.3, 0.4) is 0 Å². The number of unbranched alkanes of at least 4 members (excludes halogenated alkanes) is 1. The van der Waals surface area contributed by atoms with Crippen LogP contribution in [0.15, 0.2) is 24.3 Å². The Labute approximate surface area is 173 Å². The zero-order valence-electron chi connectivity index (χ0n) is 17.5. The van der Waals surface area contributed by atoms with E-state index in [1.807, 2.05) is 16.8 Å². The SMILES string of the molecule is CCCCn1nnnc1C(Cc1ccc(F)cc1)N1CCCN(C2CCC2)CC1. The summed E-state index contributed by atoms with van der Waals surface area (Å²) in [5.41, 5.74) is 1.13. The van der Waals surface area contributed by atoms with Crippen LogP contribution in [0.5, 0.6) is 0 Å². The third-order valence-electron chi connectivity index (χ3n) is 6.52. The molecule has 158 valence electrons. The Kier molecular flexibility index (Phi) is 6.87. The summed E-state index contributed by atoms with van der Waals surface area (Å²) in [5, 5.41) is 12.7. The first-order chi connectivity index (χ1) is 14.2. The second-order valence-electron chi connectivity index (χ2n) is 8.47. The number of halogens is 1. The standard InChI is InChI=1S/C22H33FN6/c1-2-3-14-29-22(24-25-26-29)21(17-18-8-10-19(23)11-9-18)28-13-5-12-27(15-16-28)20-6-4-7-20/h8-11,20-21H,2-7,12-17H2,1H3. The van der Waals surface area contributed by atoms with Crippen molar-refractivity contribution in [1.29, 1.82) is 0 Å². The molecule has 0 amide bonds. The number of aromatic nitrogens is 4. The van der Waals surface area contributed by atoms with Gasteiger partial charge in [-0.2, -0.15) is 0 Å². The third-order valence-corrected chi connectivity index (χ3v) is 6.52. The van der Waals surface area contributed by atoms with E-state index < -0.39 is 0 Å². The van der Waals surface area contributed by atoms with Crippen LogP contribution in [-0.4, -0.2) is 62.2 Å². The first kappa shape index (κ1) is 20.4. The van der Waals surface area contributed by atoms with Crippen molar-refractivity contribution in [3.63, 3.8) is 0 Å². The van der Waals surface area contributed by atoms with Gasteiger partial charge in [-0.05, 0) is 66.8 Å². The Morgan fingerprint density at radius 2 is 1.90 bits per heavy atom. The van der Waals surface area contributed by atoms with E-state index in [1.54, 1.807) is 12.1 Å². The largest absolute Gasteiger partial charge is 0.299 e. The van der Waals surface area contributed by atoms with Gasteiger partial charge in [0.1, 0.15) is 5.82 Å². The van der Waals surface area contributed by atoms with Crippen LogP contribution in [0.25, 0.3) is 0 Å². The molecule has 0 N–H and O–H groups in total. The molecule has 1 unspecified atom stereocenters. The highest BCUT2D eigenvalue weighted by atomic mass is 19.1. The van der Waals surface area contributed by atoms with Gasteiger partial charge in [-0.1, -0.05) is 31.9 Å². The number of benzene rings is 1. The van der Waals surface area contributed by atoms with Gasteiger partial charge in [0.25, 0.3) is 0 Å². The maximum atomic E-state index is 13.4. The lowest BCUT2D eigenvalue weighted by molar-refractivity contribution is 0.124. The second kappa shape index (κ2) is 9.76. The van der Waals surface area contributed by atoms with E-state index in [0.29, 0.717) is 0 Å². The summed E-state index contributed by atoms with van der Waals surface area (Å²) in [6, 6.07) is 7.79. The molecule has 2 aliphatic rings. The van der Waals surface area contributed by atoms with Crippen LogP contribution in [0.4, 0.5) is 4.39 Å². The van der Waals surface area contributed by atoms with Crippen molar-refractivity contribution < 1.29 is 4.39 Å². The van der Waals surface area contributed by atoms with Gasteiger partial charge in [0, 0.05) is 32.2 Å². The van der Waals surface area contributed by atoms with E-state index in [0.717, 1.165) is 62.9 Å². The lowest BCUT2D eigenvalue weighted by Gasteiger charge is -2.37. The van der Waals surface area contributed by atoms with Gasteiger partial charge in [0.2, 0.25) is 0 Å². The van der Waals surface area contributed by atoms with Crippen LogP contribution in [-0.2, 0) is 13.0 Å². The van der Waals surface area contributed by atoms with Crippen molar-refractivity contribution in [3.05, 3.63) is 41.5 Å². The van der Waals surface area contributed by atoms with E-state index >= 15 is 0 Å². The van der Waals surface area contributed by atoms with Gasteiger partial charge in [0.15, 0.2) is 5.82 Å². The highest BCUT2D eigenvalue weighted by molar-refractivity contribution is 5.18. The van der Waals surface area contributed by atoms with Gasteiger partial charge in [-0.15, -0.1) is 5.10 Å². The molecule has 4 rings (SSSR count). The fraction of sp³-hybridized carbons (Fsp3) is 0.682. The lowest BCUT2D eigenvalue weighted by Crippen LogP contribution is -2.42. The van der Waals surface area contributed by atoms with Crippen molar-refractivity contribution in [2.24, 2.45) is 0 Å². The number of hydrogen-bond donors (Lipinski definition) is 0. The average Bonchev–Trinajstić information content (AvgIpc) is 3.02. The number of tetrazole rings is 1. The third kappa shape index (κ3) is 5.01. The molecule has 29 heavy (non-hydrogen) atoms. The molecule has 1 aromatic carbocycles. The van der Waals surface area contributed by atoms with Gasteiger partial charge < -0.3 is 0 Å². The van der Waals surface area contributed by atoms with Crippen LogP contribution in [0.1, 0.15) is 62.9 Å². The quantitative estimate of drug-likeness (QED) is 0.679. The molecule has 0 radical (unpaired) electrons. The topological polar surface area (TPSA) is 50.1 Å². The number of rotatable bonds is 8. The van der Waals surface area contributed by atoms with Crippen LogP contribution < -0.4 is 0 Å². The summed E-state index contributed by atoms with van der Waals surface area (Å²) < 4.78 is 15.4. The molecule has 1 aliphatic heterocycles. The number of aryl methyl sites for hydroxylation is 1. The Balaban J connectivity index is 1.54. The summed E-state index contributed by atoms with van der Waals surface area (Å²) in [6.07, 6.45) is 8.24. The Bertz CT molecular complexity index is 757. The minimum absolute atomic E-state index is 0.119. The molecule has 1 atom stereocenters. The molecule has 0 bridgehead atoms. The highest BCUT2D eigenvalue weighted by Gasteiger charge is 2.31. The summed E-state index contributed by atoms with van der Waals surface area (Å²) in [7, 11) is 0. The molecule has 2 aromatic rings. The summed E-state index contributed by atoms with van der Waals surface area (Å²) >= 11 is 0. The predicted molar refractivity (Wildman–Crippen MR) is 111 cm³/mol. The zero-order chi connectivity index (χ0) is 20.1. The Morgan fingerprint density at radius 3 is 2.62 bits per heavy atom. The van der Waals surface area contributed by atoms with E-state index in [1.165, 1.54) is 32.2 Å². The zero-order valence-corrected chi connectivity index (χ0v) is 17.5. The normalized spacial score (nSPS) is 20.3. The van der Waals surface area contributed by atoms with Gasteiger partial charge in [-0.25, -0.2) is 9.07 Å². The van der Waals surface area contributed by atoms with E-state index in [4.69, 9.17) is 0 Å². The van der Waals surface area contributed by atoms with E-state index in [2.05, 4.69) is 32.2 Å². The maximum absolute atomic E-state index is 13.4. The van der Waals surface area contributed by atoms with Crippen LogP contribution >= 0.6 is 0 Å². The molecule has 1 aliphatic carbocycles. The van der Waals surface area contributed by atoms with E-state index in [9.17, 15) is 4.39 Å². The van der Waals surface area contributed by atoms with Gasteiger partial charge in [-0.3, -0.25) is 9.80 Å². The van der Waals surface area contributed by atoms with Gasteiger partial charge >= 0.3 is 0 Å². The second-order valence-corrected chi connectivity index (χ2v) is 8.47. The molecule has 2 fully saturated rings. The Morgan fingerprint density at radius 1 is 1.07 bits per heavy atom. The first-order valence-corrected chi connectivity index (χ1v) is 11.2. The summed E-state index contributed by atoms with van der Waals surface area (Å²) in [6.45, 7) is 7.41. The average molecular weight is 401 g/mol. The summed E-state index contributed by atoms with van der Waals surface area (Å²) in [4.78, 5) is 5.23. The molecule has 1 saturated heterocycles. The lowest BCUT2D eigenvalue weighted by atomic mass is 9.91. The van der Waals surface area contributed by atoms with E-state index in [-0.39, 0.29) is 11.9 Å². The first-order valence-electron chi connectivity index (χ1n) is 11.2. The highest BCUT2D eigenvalue weighted by Crippen LogP contribution is 2.29. The predicted octanol–water partition coefficient (Wildman–Crippen LogP) is 3.46. The summed E-state index contributed by atoms with van der Waals surface area (Å²) in [5.74, 6) is 0.754. The van der Waals surface area contributed by atoms with Crippen LogP contribution in [0, 0.1) is 5.82 Å². The molecule has 1 saturated carbocycles. The Hall–Kier alpha value is -1.86. The molecule has 2 heterocycles. The molecule has 1 aromatic heterocycles. The minimum atomic E-state index is -0.191. The molecular formula is C22H33FN6. The fourth-order valence-corrected chi connectivity index (χ4v) is 4.53. The molecule has 0 spiro atoms. The van der Waals surface area contributed by atoms with Crippen molar-refractivity contribution in [1.82, 2.24) is 30.0 Å². The van der Waals surface area contributed by atoms with Crippen molar-refractivity contribution >= 4 is 0 Å². The van der Waals surface area contributed by atoms with Crippen molar-refractivity contribution in [2.45, 2.75) is 70.5 Å².